The van der Waals surface area contributed by atoms with Crippen LogP contribution in [0.5, 0.6) is 5.75 Å². The molecule has 0 aliphatic heterocycles. The molecule has 3 rings (SSSR count). The minimum atomic E-state index is -0.412. The zero-order valence-corrected chi connectivity index (χ0v) is 16.1. The molecule has 0 saturated heterocycles. The molecule has 0 spiro atoms. The second-order valence-corrected chi connectivity index (χ2v) is 6.88. The van der Waals surface area contributed by atoms with Crippen LogP contribution in [0.3, 0.4) is 0 Å². The van der Waals surface area contributed by atoms with E-state index in [1.54, 1.807) is 7.11 Å². The van der Waals surface area contributed by atoms with Gasteiger partial charge in [-0.25, -0.2) is 8.78 Å². The van der Waals surface area contributed by atoms with E-state index in [1.807, 2.05) is 42.5 Å². The van der Waals surface area contributed by atoms with Crippen LogP contribution in [-0.2, 0) is 19.5 Å². The fourth-order valence-corrected chi connectivity index (χ4v) is 3.26. The zero-order chi connectivity index (χ0) is 19.8. The molecule has 2 nitrogen and oxygen atoms in total. The van der Waals surface area contributed by atoms with Crippen LogP contribution in [-0.4, -0.2) is 18.6 Å². The first-order valence-corrected chi connectivity index (χ1v) is 9.47. The van der Waals surface area contributed by atoms with Gasteiger partial charge in [0.15, 0.2) is 0 Å². The molecule has 0 N–H and O–H groups in total. The first kappa shape index (κ1) is 20.0. The Kier molecular flexibility index (Phi) is 7.15. The Labute approximate surface area is 165 Å². The SMILES string of the molecule is COc1ccc(CN(CCCc2ccccc2)Cc2cc(F)ccc2F)cc1. The Balaban J connectivity index is 1.69. The van der Waals surface area contributed by atoms with Gasteiger partial charge in [0.2, 0.25) is 0 Å². The zero-order valence-electron chi connectivity index (χ0n) is 16.1. The summed E-state index contributed by atoms with van der Waals surface area (Å²) in [7, 11) is 1.64. The van der Waals surface area contributed by atoms with E-state index in [-0.39, 0.29) is 5.82 Å². The number of rotatable bonds is 9. The largest absolute Gasteiger partial charge is 0.497 e. The van der Waals surface area contributed by atoms with Crippen molar-refractivity contribution >= 4 is 0 Å². The third-order valence-corrected chi connectivity index (χ3v) is 4.75. The maximum Gasteiger partial charge on any atom is 0.127 e. The molecule has 0 atom stereocenters. The minimum Gasteiger partial charge on any atom is -0.497 e. The number of hydrogen-bond acceptors (Lipinski definition) is 2. The van der Waals surface area contributed by atoms with Gasteiger partial charge in [-0.1, -0.05) is 42.5 Å². The van der Waals surface area contributed by atoms with Crippen LogP contribution >= 0.6 is 0 Å². The van der Waals surface area contributed by atoms with Crippen molar-refractivity contribution in [1.82, 2.24) is 4.90 Å². The number of nitrogens with zero attached hydrogens (tertiary/aromatic N) is 1. The minimum absolute atomic E-state index is 0.365. The Morgan fingerprint density at radius 1 is 0.821 bits per heavy atom. The summed E-state index contributed by atoms with van der Waals surface area (Å²) in [5, 5.41) is 0. The summed E-state index contributed by atoms with van der Waals surface area (Å²) in [5.74, 6) is 0.0184. The molecule has 4 heteroatoms. The number of ether oxygens (including phenoxy) is 1. The topological polar surface area (TPSA) is 12.5 Å². The summed E-state index contributed by atoms with van der Waals surface area (Å²) in [6.07, 6.45) is 1.89. The molecule has 3 aromatic rings. The molecule has 0 radical (unpaired) electrons. The van der Waals surface area contributed by atoms with Crippen molar-refractivity contribution in [3.8, 4) is 5.75 Å². The molecule has 0 fully saturated rings. The van der Waals surface area contributed by atoms with Crippen LogP contribution in [0, 0.1) is 11.6 Å². The molecule has 0 bridgehead atoms. The summed E-state index contributed by atoms with van der Waals surface area (Å²) < 4.78 is 32.9. The average Bonchev–Trinajstić information content (AvgIpc) is 2.72. The fraction of sp³-hybridized carbons (Fsp3) is 0.250. The van der Waals surface area contributed by atoms with E-state index in [4.69, 9.17) is 4.74 Å². The lowest BCUT2D eigenvalue weighted by Crippen LogP contribution is -2.25. The monoisotopic (exact) mass is 381 g/mol. The van der Waals surface area contributed by atoms with Crippen molar-refractivity contribution in [2.24, 2.45) is 0 Å². The highest BCUT2D eigenvalue weighted by atomic mass is 19.1. The van der Waals surface area contributed by atoms with Gasteiger partial charge in [0.1, 0.15) is 17.4 Å². The number of methoxy groups -OCH3 is 1. The van der Waals surface area contributed by atoms with Crippen LogP contribution in [0.4, 0.5) is 8.78 Å². The predicted molar refractivity (Wildman–Crippen MR) is 108 cm³/mol. The van der Waals surface area contributed by atoms with Crippen molar-refractivity contribution in [3.63, 3.8) is 0 Å². The molecule has 0 aliphatic rings. The van der Waals surface area contributed by atoms with Crippen LogP contribution in [0.15, 0.2) is 72.8 Å². The molecular formula is C24H25F2NO. The lowest BCUT2D eigenvalue weighted by atomic mass is 10.1. The average molecular weight is 381 g/mol. The fourth-order valence-electron chi connectivity index (χ4n) is 3.26. The van der Waals surface area contributed by atoms with Crippen molar-refractivity contribution < 1.29 is 13.5 Å². The van der Waals surface area contributed by atoms with Gasteiger partial charge in [0, 0.05) is 18.7 Å². The number of hydrogen-bond donors (Lipinski definition) is 0. The molecule has 0 unspecified atom stereocenters. The highest BCUT2D eigenvalue weighted by molar-refractivity contribution is 5.27. The van der Waals surface area contributed by atoms with Gasteiger partial charge >= 0.3 is 0 Å². The van der Waals surface area contributed by atoms with E-state index in [0.29, 0.717) is 18.7 Å². The molecule has 28 heavy (non-hydrogen) atoms. The van der Waals surface area contributed by atoms with Crippen LogP contribution in [0.25, 0.3) is 0 Å². The van der Waals surface area contributed by atoms with Gasteiger partial charge in [-0.3, -0.25) is 4.90 Å². The normalized spacial score (nSPS) is 11.0. The van der Waals surface area contributed by atoms with Crippen LogP contribution < -0.4 is 4.74 Å². The van der Waals surface area contributed by atoms with E-state index in [1.165, 1.54) is 17.7 Å². The van der Waals surface area contributed by atoms with Crippen molar-refractivity contribution in [2.45, 2.75) is 25.9 Å². The summed E-state index contributed by atoms with van der Waals surface area (Å²) in [6.45, 7) is 1.82. The van der Waals surface area contributed by atoms with E-state index >= 15 is 0 Å². The van der Waals surface area contributed by atoms with Gasteiger partial charge in [0.25, 0.3) is 0 Å². The molecule has 146 valence electrons. The smallest absolute Gasteiger partial charge is 0.127 e. The lowest BCUT2D eigenvalue weighted by Gasteiger charge is -2.23. The molecule has 0 heterocycles. The summed E-state index contributed by atoms with van der Waals surface area (Å²) in [4.78, 5) is 2.16. The van der Waals surface area contributed by atoms with E-state index in [2.05, 4.69) is 17.0 Å². The van der Waals surface area contributed by atoms with Gasteiger partial charge in [0.05, 0.1) is 7.11 Å². The molecule has 0 amide bonds. The van der Waals surface area contributed by atoms with Gasteiger partial charge in [-0.05, 0) is 60.8 Å². The summed E-state index contributed by atoms with van der Waals surface area (Å²) in [5.41, 5.74) is 2.77. The van der Waals surface area contributed by atoms with E-state index < -0.39 is 5.82 Å². The lowest BCUT2D eigenvalue weighted by molar-refractivity contribution is 0.249. The molecule has 0 saturated carbocycles. The number of aryl methyl sites for hydroxylation is 1. The summed E-state index contributed by atoms with van der Waals surface area (Å²) >= 11 is 0. The third kappa shape index (κ3) is 5.89. The third-order valence-electron chi connectivity index (χ3n) is 4.75. The molecule has 0 aromatic heterocycles. The molecular weight excluding hydrogens is 356 g/mol. The van der Waals surface area contributed by atoms with Crippen LogP contribution in [0.1, 0.15) is 23.1 Å². The first-order valence-electron chi connectivity index (χ1n) is 9.47. The van der Waals surface area contributed by atoms with Gasteiger partial charge < -0.3 is 4.74 Å². The summed E-state index contributed by atoms with van der Waals surface area (Å²) in [6, 6.07) is 21.8. The second kappa shape index (κ2) is 10.00. The Morgan fingerprint density at radius 2 is 1.57 bits per heavy atom. The standard InChI is InChI=1S/C24H25F2NO/c1-28-23-12-9-20(10-13-23)17-27(15-5-8-19-6-3-2-4-7-19)18-21-16-22(25)11-14-24(21)26/h2-4,6-7,9-14,16H,5,8,15,17-18H2,1H3. The number of benzene rings is 3. The number of halogens is 2. The Morgan fingerprint density at radius 3 is 2.29 bits per heavy atom. The quantitative estimate of drug-likeness (QED) is 0.478. The van der Waals surface area contributed by atoms with Gasteiger partial charge in [-0.2, -0.15) is 0 Å². The Bertz CT molecular complexity index is 866. The maximum atomic E-state index is 14.1. The van der Waals surface area contributed by atoms with Crippen molar-refractivity contribution in [1.29, 1.82) is 0 Å². The van der Waals surface area contributed by atoms with Crippen molar-refractivity contribution in [2.75, 3.05) is 13.7 Å². The predicted octanol–water partition coefficient (Wildman–Crippen LogP) is 5.61. The van der Waals surface area contributed by atoms with Crippen molar-refractivity contribution in [3.05, 3.63) is 101 Å². The second-order valence-electron chi connectivity index (χ2n) is 6.88. The Hall–Kier alpha value is -2.72. The molecule has 0 aliphatic carbocycles. The van der Waals surface area contributed by atoms with E-state index in [0.717, 1.165) is 36.8 Å². The first-order chi connectivity index (χ1) is 13.6. The highest BCUT2D eigenvalue weighted by Crippen LogP contribution is 2.18. The molecule has 3 aromatic carbocycles. The maximum absolute atomic E-state index is 14.1. The van der Waals surface area contributed by atoms with Crippen LogP contribution in [0.2, 0.25) is 0 Å². The van der Waals surface area contributed by atoms with E-state index in [9.17, 15) is 8.78 Å². The highest BCUT2D eigenvalue weighted by Gasteiger charge is 2.12. The van der Waals surface area contributed by atoms with Gasteiger partial charge in [-0.15, -0.1) is 0 Å².